The number of likely N-dealkylation sites (tertiary alicyclic amines) is 1. The van der Waals surface area contributed by atoms with E-state index in [1.807, 2.05) is 0 Å². The maximum atomic E-state index is 13.5. The summed E-state index contributed by atoms with van der Waals surface area (Å²) in [7, 11) is 0. The molecule has 90 valence electrons. The summed E-state index contributed by atoms with van der Waals surface area (Å²) in [6, 6.07) is 4.09. The molecule has 1 saturated heterocycles. The Morgan fingerprint density at radius 1 is 1.41 bits per heavy atom. The fraction of sp³-hybridized carbons (Fsp3) is 0.333. The highest BCUT2D eigenvalue weighted by Gasteiger charge is 2.26. The lowest BCUT2D eigenvalue weighted by molar-refractivity contribution is -0.121. The first-order valence-corrected chi connectivity index (χ1v) is 5.72. The van der Waals surface area contributed by atoms with E-state index in [0.717, 1.165) is 0 Å². The van der Waals surface area contributed by atoms with Gasteiger partial charge in [-0.3, -0.25) is 9.59 Å². The van der Waals surface area contributed by atoms with Crippen LogP contribution in [0.4, 0.5) is 4.39 Å². The van der Waals surface area contributed by atoms with Crippen molar-refractivity contribution in [2.24, 2.45) is 0 Å². The minimum Gasteiger partial charge on any atom is -0.331 e. The molecule has 1 amide bonds. The van der Waals surface area contributed by atoms with Gasteiger partial charge in [-0.15, -0.1) is 0 Å². The average molecular weight is 256 g/mol. The van der Waals surface area contributed by atoms with Crippen LogP contribution < -0.4 is 0 Å². The Balaban J connectivity index is 2.27. The number of halogens is 2. The number of nitrogens with zero attached hydrogens (tertiary/aromatic N) is 1. The Morgan fingerprint density at radius 3 is 2.82 bits per heavy atom. The fourth-order valence-corrected chi connectivity index (χ4v) is 2.12. The van der Waals surface area contributed by atoms with Crippen LogP contribution in [0.2, 0.25) is 5.02 Å². The Morgan fingerprint density at radius 2 is 2.18 bits per heavy atom. The molecule has 0 radical (unpaired) electrons. The number of piperidine rings is 1. The van der Waals surface area contributed by atoms with Crippen LogP contribution in [-0.2, 0) is 4.79 Å². The van der Waals surface area contributed by atoms with Crippen LogP contribution in [-0.4, -0.2) is 29.7 Å². The molecule has 0 aliphatic carbocycles. The minimum atomic E-state index is -0.652. The first kappa shape index (κ1) is 12.0. The molecule has 0 aromatic heterocycles. The van der Waals surface area contributed by atoms with E-state index in [-0.39, 0.29) is 22.9 Å². The Labute approximate surface area is 103 Å². The zero-order valence-corrected chi connectivity index (χ0v) is 9.84. The summed E-state index contributed by atoms with van der Waals surface area (Å²) in [5, 5.41) is 0.0769. The third-order valence-electron chi connectivity index (χ3n) is 2.71. The van der Waals surface area contributed by atoms with Crippen molar-refractivity contribution in [3.8, 4) is 0 Å². The topological polar surface area (TPSA) is 37.4 Å². The first-order chi connectivity index (χ1) is 8.09. The van der Waals surface area contributed by atoms with Crippen LogP contribution in [0.25, 0.3) is 0 Å². The lowest BCUT2D eigenvalue weighted by Gasteiger charge is -2.26. The summed E-state index contributed by atoms with van der Waals surface area (Å²) < 4.78 is 13.5. The summed E-state index contributed by atoms with van der Waals surface area (Å²) in [4.78, 5) is 24.6. The van der Waals surface area contributed by atoms with Gasteiger partial charge in [0.15, 0.2) is 5.78 Å². The van der Waals surface area contributed by atoms with Crippen molar-refractivity contribution >= 4 is 23.3 Å². The van der Waals surface area contributed by atoms with Gasteiger partial charge in [-0.2, -0.15) is 0 Å². The van der Waals surface area contributed by atoms with Gasteiger partial charge in [-0.1, -0.05) is 17.7 Å². The van der Waals surface area contributed by atoms with Crippen LogP contribution in [0.15, 0.2) is 18.2 Å². The molecule has 0 N–H and O–H groups in total. The molecule has 0 saturated carbocycles. The summed E-state index contributed by atoms with van der Waals surface area (Å²) >= 11 is 5.81. The molecule has 1 aromatic rings. The predicted octanol–water partition coefficient (Wildman–Crippen LogP) is 2.28. The largest absolute Gasteiger partial charge is 0.331 e. The van der Waals surface area contributed by atoms with Gasteiger partial charge in [0.05, 0.1) is 17.1 Å². The zero-order chi connectivity index (χ0) is 12.4. The lowest BCUT2D eigenvalue weighted by Crippen LogP contribution is -2.40. The van der Waals surface area contributed by atoms with Crippen LogP contribution in [0.3, 0.4) is 0 Å². The molecule has 17 heavy (non-hydrogen) atoms. The van der Waals surface area contributed by atoms with E-state index in [2.05, 4.69) is 0 Å². The number of hydrogen-bond donors (Lipinski definition) is 0. The molecule has 0 unspecified atom stereocenters. The van der Waals surface area contributed by atoms with Gasteiger partial charge < -0.3 is 4.90 Å². The van der Waals surface area contributed by atoms with E-state index < -0.39 is 11.7 Å². The third-order valence-corrected chi connectivity index (χ3v) is 3.03. The van der Waals surface area contributed by atoms with E-state index in [0.29, 0.717) is 19.4 Å². The van der Waals surface area contributed by atoms with Crippen LogP contribution in [0, 0.1) is 5.82 Å². The molecular weight excluding hydrogens is 245 g/mol. The fourth-order valence-electron chi connectivity index (χ4n) is 1.87. The molecular formula is C12H11ClFNO2. The molecule has 5 heteroatoms. The van der Waals surface area contributed by atoms with E-state index in [1.165, 1.54) is 23.1 Å². The number of carbonyl (C=O) groups is 2. The van der Waals surface area contributed by atoms with Gasteiger partial charge in [-0.25, -0.2) is 4.39 Å². The number of Topliss-reactive ketones (excluding diaryl/α,β-unsaturated/α-hetero) is 1. The van der Waals surface area contributed by atoms with Crippen molar-refractivity contribution < 1.29 is 14.0 Å². The quantitative estimate of drug-likeness (QED) is 0.772. The third kappa shape index (κ3) is 2.47. The molecule has 3 nitrogen and oxygen atoms in total. The smallest absolute Gasteiger partial charge is 0.258 e. The van der Waals surface area contributed by atoms with Crippen LogP contribution >= 0.6 is 11.6 Å². The first-order valence-electron chi connectivity index (χ1n) is 5.34. The van der Waals surface area contributed by atoms with E-state index in [9.17, 15) is 14.0 Å². The van der Waals surface area contributed by atoms with Crippen LogP contribution in [0.5, 0.6) is 0 Å². The number of rotatable bonds is 1. The number of benzene rings is 1. The molecule has 1 aromatic carbocycles. The maximum absolute atomic E-state index is 13.5. The van der Waals surface area contributed by atoms with E-state index >= 15 is 0 Å². The highest BCUT2D eigenvalue weighted by Crippen LogP contribution is 2.22. The molecule has 1 aliphatic heterocycles. The number of ketones is 1. The second-order valence-corrected chi connectivity index (χ2v) is 4.37. The average Bonchev–Trinajstić information content (AvgIpc) is 2.28. The van der Waals surface area contributed by atoms with E-state index in [4.69, 9.17) is 11.6 Å². The van der Waals surface area contributed by atoms with Crippen molar-refractivity contribution in [3.05, 3.63) is 34.6 Å². The van der Waals surface area contributed by atoms with Crippen LogP contribution in [0.1, 0.15) is 23.2 Å². The normalized spacial score (nSPS) is 16.1. The summed E-state index contributed by atoms with van der Waals surface area (Å²) in [6.45, 7) is 0.513. The van der Waals surface area contributed by atoms with Gasteiger partial charge in [0.2, 0.25) is 0 Å². The molecule has 1 fully saturated rings. The summed E-state index contributed by atoms with van der Waals surface area (Å²) in [5.74, 6) is -1.17. The SMILES string of the molecule is O=C1CCCN(C(=O)c2c(F)cccc2Cl)C1. The minimum absolute atomic E-state index is 0.00272. The van der Waals surface area contributed by atoms with Gasteiger partial charge in [0.1, 0.15) is 5.82 Å². The molecule has 0 bridgehead atoms. The lowest BCUT2D eigenvalue weighted by atomic mass is 10.1. The van der Waals surface area contributed by atoms with Crippen molar-refractivity contribution in [2.45, 2.75) is 12.8 Å². The molecule has 1 heterocycles. The Kier molecular flexibility index (Phi) is 3.43. The standard InChI is InChI=1S/C12H11ClFNO2/c13-9-4-1-5-10(14)11(9)12(17)15-6-2-3-8(16)7-15/h1,4-5H,2-3,6-7H2. The molecule has 2 rings (SSSR count). The van der Waals surface area contributed by atoms with Crippen molar-refractivity contribution in [3.63, 3.8) is 0 Å². The van der Waals surface area contributed by atoms with Crippen molar-refractivity contribution in [1.29, 1.82) is 0 Å². The van der Waals surface area contributed by atoms with Gasteiger partial charge in [0, 0.05) is 13.0 Å². The summed E-state index contributed by atoms with van der Waals surface area (Å²) in [6.07, 6.45) is 1.10. The second-order valence-electron chi connectivity index (χ2n) is 3.97. The second kappa shape index (κ2) is 4.84. The number of carbonyl (C=O) groups excluding carboxylic acids is 2. The molecule has 1 aliphatic rings. The maximum Gasteiger partial charge on any atom is 0.258 e. The monoisotopic (exact) mass is 255 g/mol. The number of amides is 1. The molecule has 0 atom stereocenters. The van der Waals surface area contributed by atoms with Crippen molar-refractivity contribution in [1.82, 2.24) is 4.90 Å². The molecule has 0 spiro atoms. The summed E-state index contributed by atoms with van der Waals surface area (Å²) in [5.41, 5.74) is -0.149. The predicted molar refractivity (Wildman–Crippen MR) is 61.6 cm³/mol. The highest BCUT2D eigenvalue weighted by molar-refractivity contribution is 6.33. The van der Waals surface area contributed by atoms with E-state index in [1.54, 1.807) is 0 Å². The zero-order valence-electron chi connectivity index (χ0n) is 9.08. The van der Waals surface area contributed by atoms with Gasteiger partial charge in [-0.05, 0) is 18.6 Å². The van der Waals surface area contributed by atoms with Gasteiger partial charge in [0.25, 0.3) is 5.91 Å². The number of hydrogen-bond acceptors (Lipinski definition) is 2. The Hall–Kier alpha value is -1.42. The van der Waals surface area contributed by atoms with Gasteiger partial charge >= 0.3 is 0 Å². The van der Waals surface area contributed by atoms with Crippen molar-refractivity contribution in [2.75, 3.05) is 13.1 Å². The highest BCUT2D eigenvalue weighted by atomic mass is 35.5. The Bertz CT molecular complexity index is 455.